The highest BCUT2D eigenvalue weighted by Crippen LogP contribution is 2.23. The lowest BCUT2D eigenvalue weighted by molar-refractivity contribution is -0.131. The second kappa shape index (κ2) is 12.5. The number of benzene rings is 1. The lowest BCUT2D eigenvalue weighted by atomic mass is 10.1. The van der Waals surface area contributed by atoms with Gasteiger partial charge in [0.1, 0.15) is 12.3 Å². The van der Waals surface area contributed by atoms with Crippen molar-refractivity contribution in [1.29, 1.82) is 0 Å². The molecule has 3 amide bonds. The van der Waals surface area contributed by atoms with Crippen LogP contribution >= 0.6 is 0 Å². The predicted octanol–water partition coefficient (Wildman–Crippen LogP) is 2.40. The van der Waals surface area contributed by atoms with Crippen molar-refractivity contribution in [2.75, 3.05) is 64.4 Å². The fourth-order valence-corrected chi connectivity index (χ4v) is 4.61. The minimum absolute atomic E-state index is 0.00134. The number of aromatic nitrogens is 2. The molecule has 0 spiro atoms. The van der Waals surface area contributed by atoms with Gasteiger partial charge in [0.2, 0.25) is 5.91 Å². The number of urea groups is 1. The van der Waals surface area contributed by atoms with Gasteiger partial charge < -0.3 is 29.5 Å². The van der Waals surface area contributed by atoms with Crippen LogP contribution in [0.1, 0.15) is 26.2 Å². The normalized spacial score (nSPS) is 18.0. The third kappa shape index (κ3) is 6.63. The Bertz CT molecular complexity index is 1010. The summed E-state index contributed by atoms with van der Waals surface area (Å²) < 4.78 is 11.0. The van der Waals surface area contributed by atoms with Crippen molar-refractivity contribution in [3.05, 3.63) is 36.4 Å². The van der Waals surface area contributed by atoms with Crippen LogP contribution in [0.4, 0.5) is 10.6 Å². The number of hydrogen-bond donors (Lipinski definition) is 1. The quantitative estimate of drug-likeness (QED) is 0.599. The number of anilines is 1. The SMILES string of the molecule is CCNC(=O)N(CC(=O)N1CCCN(c2ccc(-c3cccc(OC)c3)nn2)CC1)CC1CCCO1. The Morgan fingerprint density at radius 3 is 2.75 bits per heavy atom. The minimum atomic E-state index is -0.218. The Balaban J connectivity index is 1.35. The largest absolute Gasteiger partial charge is 0.497 e. The van der Waals surface area contributed by atoms with E-state index in [9.17, 15) is 9.59 Å². The maximum Gasteiger partial charge on any atom is 0.317 e. The van der Waals surface area contributed by atoms with E-state index in [1.54, 1.807) is 12.0 Å². The summed E-state index contributed by atoms with van der Waals surface area (Å²) in [5.74, 6) is 1.52. The summed E-state index contributed by atoms with van der Waals surface area (Å²) in [6.07, 6.45) is 2.73. The van der Waals surface area contributed by atoms with Crippen molar-refractivity contribution >= 4 is 17.8 Å². The molecule has 0 aliphatic carbocycles. The predicted molar refractivity (Wildman–Crippen MR) is 137 cm³/mol. The van der Waals surface area contributed by atoms with Gasteiger partial charge in [-0.05, 0) is 50.5 Å². The van der Waals surface area contributed by atoms with E-state index in [1.165, 1.54) is 0 Å². The second-order valence-corrected chi connectivity index (χ2v) is 9.08. The molecule has 0 bridgehead atoms. The molecule has 1 N–H and O–H groups in total. The van der Waals surface area contributed by atoms with Gasteiger partial charge in [0.25, 0.3) is 0 Å². The van der Waals surface area contributed by atoms with Gasteiger partial charge in [0.05, 0.1) is 18.9 Å². The molecule has 194 valence electrons. The van der Waals surface area contributed by atoms with E-state index in [0.717, 1.165) is 48.6 Å². The fourth-order valence-electron chi connectivity index (χ4n) is 4.61. The molecule has 2 fully saturated rings. The molecule has 10 nitrogen and oxygen atoms in total. The summed E-state index contributed by atoms with van der Waals surface area (Å²) in [5, 5.41) is 11.7. The first-order chi connectivity index (χ1) is 17.6. The molecule has 0 radical (unpaired) electrons. The van der Waals surface area contributed by atoms with Crippen molar-refractivity contribution in [2.24, 2.45) is 0 Å². The summed E-state index contributed by atoms with van der Waals surface area (Å²) in [7, 11) is 1.64. The van der Waals surface area contributed by atoms with E-state index in [1.807, 2.05) is 48.2 Å². The molecule has 2 aromatic rings. The van der Waals surface area contributed by atoms with E-state index < -0.39 is 0 Å². The summed E-state index contributed by atoms with van der Waals surface area (Å²) in [6, 6.07) is 11.4. The van der Waals surface area contributed by atoms with E-state index >= 15 is 0 Å². The molecular formula is C26H36N6O4. The van der Waals surface area contributed by atoms with Crippen LogP contribution in [0.5, 0.6) is 5.75 Å². The zero-order valence-corrected chi connectivity index (χ0v) is 21.2. The molecule has 1 aromatic carbocycles. The Labute approximate surface area is 212 Å². The number of hydrogen-bond acceptors (Lipinski definition) is 7. The van der Waals surface area contributed by atoms with Gasteiger partial charge in [-0.15, -0.1) is 10.2 Å². The maximum atomic E-state index is 13.1. The topological polar surface area (TPSA) is 100 Å². The Morgan fingerprint density at radius 1 is 1.14 bits per heavy atom. The number of methoxy groups -OCH3 is 1. The van der Waals surface area contributed by atoms with Gasteiger partial charge >= 0.3 is 6.03 Å². The first-order valence-electron chi connectivity index (χ1n) is 12.7. The van der Waals surface area contributed by atoms with E-state index in [2.05, 4.69) is 20.4 Å². The van der Waals surface area contributed by atoms with Gasteiger partial charge in [0.15, 0.2) is 5.82 Å². The van der Waals surface area contributed by atoms with Gasteiger partial charge in [-0.25, -0.2) is 4.79 Å². The Morgan fingerprint density at radius 2 is 2.03 bits per heavy atom. The molecule has 3 heterocycles. The van der Waals surface area contributed by atoms with Crippen molar-refractivity contribution in [3.8, 4) is 17.0 Å². The van der Waals surface area contributed by atoms with Crippen LogP contribution in [0.25, 0.3) is 11.3 Å². The number of carbonyl (C=O) groups is 2. The number of amides is 3. The van der Waals surface area contributed by atoms with Gasteiger partial charge in [-0.3, -0.25) is 4.79 Å². The number of nitrogens with one attached hydrogen (secondary N) is 1. The first kappa shape index (κ1) is 25.7. The van der Waals surface area contributed by atoms with Crippen molar-refractivity contribution in [1.82, 2.24) is 25.3 Å². The standard InChI is InChI=1S/C26H36N6O4/c1-3-27-26(34)32(18-22-9-5-16-36-22)19-25(33)31-13-6-12-30(14-15-31)24-11-10-23(28-29-24)20-7-4-8-21(17-20)35-2/h4,7-8,10-11,17,22H,3,5-6,9,12-16,18-19H2,1-2H3,(H,27,34). The molecule has 2 aliphatic heterocycles. The third-order valence-corrected chi connectivity index (χ3v) is 6.58. The summed E-state index contributed by atoms with van der Waals surface area (Å²) in [6.45, 7) is 6.26. The monoisotopic (exact) mass is 496 g/mol. The number of carbonyl (C=O) groups excluding carboxylic acids is 2. The second-order valence-electron chi connectivity index (χ2n) is 9.08. The smallest absolute Gasteiger partial charge is 0.317 e. The molecule has 1 aromatic heterocycles. The fraction of sp³-hybridized carbons (Fsp3) is 0.538. The Kier molecular flexibility index (Phi) is 8.94. The van der Waals surface area contributed by atoms with E-state index in [4.69, 9.17) is 9.47 Å². The van der Waals surface area contributed by atoms with Crippen LogP contribution in [-0.4, -0.2) is 97.6 Å². The Hall–Kier alpha value is -3.40. The van der Waals surface area contributed by atoms with Crippen molar-refractivity contribution in [2.45, 2.75) is 32.3 Å². The average molecular weight is 497 g/mol. The highest BCUT2D eigenvalue weighted by Gasteiger charge is 2.27. The first-order valence-corrected chi connectivity index (χ1v) is 12.7. The van der Waals surface area contributed by atoms with E-state index in [-0.39, 0.29) is 24.6 Å². The van der Waals surface area contributed by atoms with E-state index in [0.29, 0.717) is 39.3 Å². The van der Waals surface area contributed by atoms with Crippen molar-refractivity contribution in [3.63, 3.8) is 0 Å². The molecule has 2 saturated heterocycles. The lowest BCUT2D eigenvalue weighted by Gasteiger charge is -2.28. The lowest BCUT2D eigenvalue weighted by Crippen LogP contribution is -2.49. The van der Waals surface area contributed by atoms with Crippen molar-refractivity contribution < 1.29 is 19.1 Å². The van der Waals surface area contributed by atoms with Crippen LogP contribution < -0.4 is 15.0 Å². The van der Waals surface area contributed by atoms with Crippen LogP contribution in [0.3, 0.4) is 0 Å². The minimum Gasteiger partial charge on any atom is -0.497 e. The van der Waals surface area contributed by atoms with Crippen LogP contribution in [-0.2, 0) is 9.53 Å². The highest BCUT2D eigenvalue weighted by atomic mass is 16.5. The molecule has 10 heteroatoms. The zero-order chi connectivity index (χ0) is 25.3. The molecule has 4 rings (SSSR count). The van der Waals surface area contributed by atoms with Gasteiger partial charge in [-0.2, -0.15) is 0 Å². The zero-order valence-electron chi connectivity index (χ0n) is 21.2. The number of rotatable bonds is 8. The molecule has 0 saturated carbocycles. The number of nitrogens with zero attached hydrogens (tertiary/aromatic N) is 5. The van der Waals surface area contributed by atoms with Gasteiger partial charge in [0, 0.05) is 51.4 Å². The summed E-state index contributed by atoms with van der Waals surface area (Å²) in [5.41, 5.74) is 1.72. The summed E-state index contributed by atoms with van der Waals surface area (Å²) >= 11 is 0. The highest BCUT2D eigenvalue weighted by molar-refractivity contribution is 5.84. The molecule has 2 aliphatic rings. The molecule has 1 atom stereocenters. The van der Waals surface area contributed by atoms with Gasteiger partial charge in [-0.1, -0.05) is 12.1 Å². The third-order valence-electron chi connectivity index (χ3n) is 6.58. The average Bonchev–Trinajstić information content (AvgIpc) is 3.30. The van der Waals surface area contributed by atoms with Crippen LogP contribution in [0.2, 0.25) is 0 Å². The molecular weight excluding hydrogens is 460 g/mol. The van der Waals surface area contributed by atoms with Crippen LogP contribution in [0, 0.1) is 0 Å². The molecule has 1 unspecified atom stereocenters. The molecule has 36 heavy (non-hydrogen) atoms. The number of ether oxygens (including phenoxy) is 2. The van der Waals surface area contributed by atoms with Crippen LogP contribution in [0.15, 0.2) is 36.4 Å². The maximum absolute atomic E-state index is 13.1. The summed E-state index contributed by atoms with van der Waals surface area (Å²) in [4.78, 5) is 31.3.